The molecule has 0 heterocycles. The minimum Gasteiger partial charge on any atom is -0.0622 e. The number of benzene rings is 6. The SMILES string of the molecule is Brc1cccc(-c2c3ccccc3c(-c3ccccc3-c3ccccc3)c3ccccc23)c1. The maximum atomic E-state index is 3.67. The quantitative estimate of drug-likeness (QED) is 0.219. The van der Waals surface area contributed by atoms with Crippen molar-refractivity contribution in [1.29, 1.82) is 0 Å². The molecule has 0 unspecified atom stereocenters. The van der Waals surface area contributed by atoms with Crippen molar-refractivity contribution in [2.24, 2.45) is 0 Å². The Morgan fingerprint density at radius 2 is 0.848 bits per heavy atom. The lowest BCUT2D eigenvalue weighted by molar-refractivity contribution is 1.60. The predicted octanol–water partition coefficient (Wildman–Crippen LogP) is 9.76. The summed E-state index contributed by atoms with van der Waals surface area (Å²) in [6.45, 7) is 0. The van der Waals surface area contributed by atoms with Gasteiger partial charge < -0.3 is 0 Å². The Balaban J connectivity index is 1.78. The number of hydrogen-bond acceptors (Lipinski definition) is 0. The Hall–Kier alpha value is -3.68. The van der Waals surface area contributed by atoms with Crippen LogP contribution in [0.25, 0.3) is 54.9 Å². The molecule has 0 aliphatic carbocycles. The van der Waals surface area contributed by atoms with Crippen LogP contribution in [0.2, 0.25) is 0 Å². The second kappa shape index (κ2) is 8.35. The summed E-state index contributed by atoms with van der Waals surface area (Å²) in [5.74, 6) is 0. The van der Waals surface area contributed by atoms with Crippen LogP contribution in [-0.2, 0) is 0 Å². The zero-order valence-corrected chi connectivity index (χ0v) is 19.6. The maximum absolute atomic E-state index is 3.67. The van der Waals surface area contributed by atoms with E-state index in [0.717, 1.165) is 4.47 Å². The molecule has 0 N–H and O–H groups in total. The molecule has 0 aliphatic rings. The van der Waals surface area contributed by atoms with Crippen LogP contribution >= 0.6 is 15.9 Å². The van der Waals surface area contributed by atoms with Gasteiger partial charge in [0.1, 0.15) is 0 Å². The third kappa shape index (κ3) is 3.46. The second-order valence-corrected chi connectivity index (χ2v) is 9.18. The third-order valence-corrected chi connectivity index (χ3v) is 6.82. The first-order valence-corrected chi connectivity index (χ1v) is 11.9. The third-order valence-electron chi connectivity index (χ3n) is 6.33. The zero-order chi connectivity index (χ0) is 22.2. The zero-order valence-electron chi connectivity index (χ0n) is 18.0. The summed E-state index contributed by atoms with van der Waals surface area (Å²) in [6, 6.07) is 45.7. The predicted molar refractivity (Wildman–Crippen MR) is 145 cm³/mol. The van der Waals surface area contributed by atoms with Gasteiger partial charge in [-0.15, -0.1) is 0 Å². The van der Waals surface area contributed by atoms with Gasteiger partial charge in [0, 0.05) is 4.47 Å². The number of halogens is 1. The molecule has 0 fully saturated rings. The van der Waals surface area contributed by atoms with Crippen LogP contribution in [0.5, 0.6) is 0 Å². The van der Waals surface area contributed by atoms with Crippen molar-refractivity contribution >= 4 is 37.5 Å². The van der Waals surface area contributed by atoms with Crippen LogP contribution in [0, 0.1) is 0 Å². The van der Waals surface area contributed by atoms with Crippen molar-refractivity contribution in [3.8, 4) is 33.4 Å². The lowest BCUT2D eigenvalue weighted by Crippen LogP contribution is -1.92. The molecule has 0 aliphatic heterocycles. The van der Waals surface area contributed by atoms with Crippen LogP contribution < -0.4 is 0 Å². The molecule has 0 saturated heterocycles. The van der Waals surface area contributed by atoms with E-state index in [4.69, 9.17) is 0 Å². The monoisotopic (exact) mass is 484 g/mol. The van der Waals surface area contributed by atoms with E-state index in [2.05, 4.69) is 143 Å². The van der Waals surface area contributed by atoms with Crippen molar-refractivity contribution in [1.82, 2.24) is 0 Å². The molecule has 0 bridgehead atoms. The first-order chi connectivity index (χ1) is 16.3. The Kier molecular flexibility index (Phi) is 5.05. The summed E-state index contributed by atoms with van der Waals surface area (Å²) < 4.78 is 1.09. The highest BCUT2D eigenvalue weighted by Gasteiger charge is 2.18. The van der Waals surface area contributed by atoms with Gasteiger partial charge in [0.2, 0.25) is 0 Å². The molecule has 33 heavy (non-hydrogen) atoms. The standard InChI is InChI=1S/C32H21Br/c33-24-14-10-13-23(21-24)31-27-17-6-8-19-29(27)32(30-20-9-7-18-28(30)31)26-16-5-4-15-25(26)22-11-2-1-3-12-22/h1-21H. The molecular formula is C32H21Br. The van der Waals surface area contributed by atoms with Crippen LogP contribution in [0.1, 0.15) is 0 Å². The highest BCUT2D eigenvalue weighted by Crippen LogP contribution is 2.46. The molecule has 6 rings (SSSR count). The van der Waals surface area contributed by atoms with Gasteiger partial charge in [0.15, 0.2) is 0 Å². The highest BCUT2D eigenvalue weighted by atomic mass is 79.9. The minimum absolute atomic E-state index is 1.09. The fourth-order valence-corrected chi connectivity index (χ4v) is 5.34. The summed E-state index contributed by atoms with van der Waals surface area (Å²) in [6.07, 6.45) is 0. The summed E-state index contributed by atoms with van der Waals surface area (Å²) in [5.41, 5.74) is 7.54. The Bertz CT molecular complexity index is 1560. The van der Waals surface area contributed by atoms with E-state index in [0.29, 0.717) is 0 Å². The molecule has 0 atom stereocenters. The molecule has 156 valence electrons. The van der Waals surface area contributed by atoms with Crippen molar-refractivity contribution in [2.45, 2.75) is 0 Å². The molecule has 0 amide bonds. The van der Waals surface area contributed by atoms with Crippen molar-refractivity contribution in [3.63, 3.8) is 0 Å². The van der Waals surface area contributed by atoms with Gasteiger partial charge in [0.25, 0.3) is 0 Å². The lowest BCUT2D eigenvalue weighted by Gasteiger charge is -2.19. The van der Waals surface area contributed by atoms with E-state index in [1.54, 1.807) is 0 Å². The maximum Gasteiger partial charge on any atom is 0.0181 e. The molecule has 0 radical (unpaired) electrons. The number of rotatable bonds is 3. The summed E-state index contributed by atoms with van der Waals surface area (Å²) in [5, 5.41) is 5.09. The summed E-state index contributed by atoms with van der Waals surface area (Å²) in [4.78, 5) is 0. The fourth-order valence-electron chi connectivity index (χ4n) is 4.94. The average Bonchev–Trinajstić information content (AvgIpc) is 2.88. The van der Waals surface area contributed by atoms with Crippen molar-refractivity contribution in [2.75, 3.05) is 0 Å². The Morgan fingerprint density at radius 3 is 1.45 bits per heavy atom. The van der Waals surface area contributed by atoms with E-state index < -0.39 is 0 Å². The van der Waals surface area contributed by atoms with Crippen LogP contribution in [-0.4, -0.2) is 0 Å². The van der Waals surface area contributed by atoms with Crippen LogP contribution in [0.15, 0.2) is 132 Å². The normalized spacial score (nSPS) is 11.2. The van der Waals surface area contributed by atoms with E-state index >= 15 is 0 Å². The second-order valence-electron chi connectivity index (χ2n) is 8.26. The van der Waals surface area contributed by atoms with Gasteiger partial charge in [-0.25, -0.2) is 0 Å². The summed E-state index contributed by atoms with van der Waals surface area (Å²) >= 11 is 3.67. The van der Waals surface area contributed by atoms with Gasteiger partial charge in [-0.3, -0.25) is 0 Å². The van der Waals surface area contributed by atoms with Gasteiger partial charge >= 0.3 is 0 Å². The van der Waals surface area contributed by atoms with Crippen LogP contribution in [0.4, 0.5) is 0 Å². The van der Waals surface area contributed by atoms with Gasteiger partial charge in [-0.2, -0.15) is 0 Å². The molecular weight excluding hydrogens is 464 g/mol. The van der Waals surface area contributed by atoms with Gasteiger partial charge in [-0.1, -0.05) is 131 Å². The molecule has 1 heteroatoms. The molecule has 0 aromatic heterocycles. The van der Waals surface area contributed by atoms with Crippen molar-refractivity contribution < 1.29 is 0 Å². The van der Waals surface area contributed by atoms with Gasteiger partial charge in [0.05, 0.1) is 0 Å². The highest BCUT2D eigenvalue weighted by molar-refractivity contribution is 9.10. The Morgan fingerprint density at radius 1 is 0.364 bits per heavy atom. The van der Waals surface area contributed by atoms with E-state index in [9.17, 15) is 0 Å². The van der Waals surface area contributed by atoms with Crippen LogP contribution in [0.3, 0.4) is 0 Å². The fraction of sp³-hybridized carbons (Fsp3) is 0. The largest absolute Gasteiger partial charge is 0.0622 e. The smallest absolute Gasteiger partial charge is 0.0181 e. The minimum atomic E-state index is 1.09. The van der Waals surface area contributed by atoms with Crippen molar-refractivity contribution in [3.05, 3.63) is 132 Å². The summed E-state index contributed by atoms with van der Waals surface area (Å²) in [7, 11) is 0. The topological polar surface area (TPSA) is 0 Å². The van der Waals surface area contributed by atoms with E-state index in [1.165, 1.54) is 54.9 Å². The molecule has 0 saturated carbocycles. The first-order valence-electron chi connectivity index (χ1n) is 11.2. The lowest BCUT2D eigenvalue weighted by atomic mass is 9.84. The molecule has 0 nitrogen and oxygen atoms in total. The average molecular weight is 485 g/mol. The molecule has 6 aromatic rings. The van der Waals surface area contributed by atoms with E-state index in [1.807, 2.05) is 0 Å². The van der Waals surface area contributed by atoms with E-state index in [-0.39, 0.29) is 0 Å². The molecule has 0 spiro atoms. The first kappa shape index (κ1) is 20.0. The Labute approximate surface area is 202 Å². The molecule has 6 aromatic carbocycles. The number of fused-ring (bicyclic) bond motifs is 2. The van der Waals surface area contributed by atoms with Gasteiger partial charge in [-0.05, 0) is 67.1 Å². The number of hydrogen-bond donors (Lipinski definition) is 0.